The lowest BCUT2D eigenvalue weighted by Gasteiger charge is -2.15. The van der Waals surface area contributed by atoms with Gasteiger partial charge in [-0.1, -0.05) is 0 Å². The second-order valence-electron chi connectivity index (χ2n) is 2.92. The Balaban J connectivity index is 3.50. The third-order valence-corrected chi connectivity index (χ3v) is 2.53. The molecule has 1 atom stereocenters. The van der Waals surface area contributed by atoms with Crippen LogP contribution >= 0.6 is 15.9 Å². The predicted molar refractivity (Wildman–Crippen MR) is 55.2 cm³/mol. The van der Waals surface area contributed by atoms with Crippen molar-refractivity contribution in [1.82, 2.24) is 0 Å². The molecule has 0 aliphatic rings. The minimum Gasteiger partial charge on any atom is -0.495 e. The van der Waals surface area contributed by atoms with Crippen LogP contribution in [0.25, 0.3) is 0 Å². The molecule has 0 heterocycles. The Morgan fingerprint density at radius 1 is 1.62 bits per heavy atom. The number of rotatable bonds is 3. The van der Waals surface area contributed by atoms with Crippen LogP contribution in [0.4, 0.5) is 8.78 Å². The highest BCUT2D eigenvalue weighted by Gasteiger charge is 2.27. The Morgan fingerprint density at radius 2 is 2.19 bits per heavy atom. The first kappa shape index (κ1) is 12.9. The van der Waals surface area contributed by atoms with Gasteiger partial charge in [0, 0.05) is 0 Å². The maximum absolute atomic E-state index is 13.4. The van der Waals surface area contributed by atoms with Crippen molar-refractivity contribution >= 4 is 21.9 Å². The topological polar surface area (TPSA) is 72.5 Å². The molecule has 0 aliphatic carbocycles. The minimum absolute atomic E-state index is 0.0978. The highest BCUT2D eigenvalue weighted by atomic mass is 79.9. The maximum Gasteiger partial charge on any atom is 0.325 e. The Labute approximate surface area is 98.1 Å². The van der Waals surface area contributed by atoms with E-state index < -0.39 is 29.2 Å². The van der Waals surface area contributed by atoms with Gasteiger partial charge in [-0.2, -0.15) is 0 Å². The van der Waals surface area contributed by atoms with Crippen molar-refractivity contribution in [2.45, 2.75) is 6.04 Å². The number of carbonyl (C=O) groups is 1. The van der Waals surface area contributed by atoms with Crippen LogP contribution in [0.1, 0.15) is 11.6 Å². The average Bonchev–Trinajstić information content (AvgIpc) is 2.21. The van der Waals surface area contributed by atoms with Gasteiger partial charge in [0.25, 0.3) is 0 Å². The predicted octanol–water partition coefficient (Wildman–Crippen LogP) is 1.82. The lowest BCUT2D eigenvalue weighted by atomic mass is 10.1. The van der Waals surface area contributed by atoms with Gasteiger partial charge in [0.05, 0.1) is 17.1 Å². The van der Waals surface area contributed by atoms with E-state index in [0.717, 1.165) is 6.07 Å². The third-order valence-electron chi connectivity index (χ3n) is 1.94. The lowest BCUT2D eigenvalue weighted by Crippen LogP contribution is -2.23. The molecule has 1 aromatic carbocycles. The Bertz CT molecular complexity index is 439. The van der Waals surface area contributed by atoms with Crippen molar-refractivity contribution in [1.29, 1.82) is 0 Å². The Hall–Kier alpha value is -1.21. The summed E-state index contributed by atoms with van der Waals surface area (Å²) in [7, 11) is 1.20. The molecule has 16 heavy (non-hydrogen) atoms. The number of benzene rings is 1. The van der Waals surface area contributed by atoms with E-state index in [1.165, 1.54) is 7.11 Å². The summed E-state index contributed by atoms with van der Waals surface area (Å²) in [6.07, 6.45) is 0. The largest absolute Gasteiger partial charge is 0.495 e. The number of aliphatic carboxylic acids is 1. The van der Waals surface area contributed by atoms with Gasteiger partial charge in [-0.05, 0) is 22.0 Å². The molecular formula is C9H8BrF2NO3. The molecule has 1 unspecified atom stereocenters. The van der Waals surface area contributed by atoms with Crippen molar-refractivity contribution in [3.63, 3.8) is 0 Å². The highest BCUT2D eigenvalue weighted by molar-refractivity contribution is 9.10. The minimum atomic E-state index is -1.69. The fraction of sp³-hybridized carbons (Fsp3) is 0.222. The molecule has 4 nitrogen and oxygen atoms in total. The molecule has 7 heteroatoms. The summed E-state index contributed by atoms with van der Waals surface area (Å²) >= 11 is 2.93. The molecule has 3 N–H and O–H groups in total. The van der Waals surface area contributed by atoms with E-state index in [9.17, 15) is 13.6 Å². The second kappa shape index (κ2) is 4.75. The first-order valence-electron chi connectivity index (χ1n) is 4.10. The van der Waals surface area contributed by atoms with Crippen molar-refractivity contribution in [3.8, 4) is 5.75 Å². The van der Waals surface area contributed by atoms with Crippen LogP contribution < -0.4 is 10.5 Å². The zero-order valence-corrected chi connectivity index (χ0v) is 9.72. The number of hydrogen-bond donors (Lipinski definition) is 2. The third kappa shape index (κ3) is 2.14. The monoisotopic (exact) mass is 295 g/mol. The van der Waals surface area contributed by atoms with Crippen LogP contribution in [-0.4, -0.2) is 18.2 Å². The van der Waals surface area contributed by atoms with Gasteiger partial charge < -0.3 is 15.6 Å². The van der Waals surface area contributed by atoms with Gasteiger partial charge in [0.2, 0.25) is 0 Å². The molecule has 0 amide bonds. The van der Waals surface area contributed by atoms with E-state index in [1.54, 1.807) is 0 Å². The average molecular weight is 296 g/mol. The zero-order valence-electron chi connectivity index (χ0n) is 8.13. The van der Waals surface area contributed by atoms with Crippen LogP contribution in [-0.2, 0) is 4.79 Å². The summed E-state index contributed by atoms with van der Waals surface area (Å²) in [6.45, 7) is 0. The highest BCUT2D eigenvalue weighted by Crippen LogP contribution is 2.35. The van der Waals surface area contributed by atoms with E-state index in [2.05, 4.69) is 15.9 Å². The Kier molecular flexibility index (Phi) is 3.82. The van der Waals surface area contributed by atoms with Crippen LogP contribution in [0.5, 0.6) is 5.75 Å². The fourth-order valence-corrected chi connectivity index (χ4v) is 1.78. The first-order valence-corrected chi connectivity index (χ1v) is 4.89. The van der Waals surface area contributed by atoms with Crippen molar-refractivity contribution in [3.05, 3.63) is 27.7 Å². The lowest BCUT2D eigenvalue weighted by molar-refractivity contribution is -0.138. The van der Waals surface area contributed by atoms with E-state index in [1.807, 2.05) is 0 Å². The van der Waals surface area contributed by atoms with Gasteiger partial charge in [-0.3, -0.25) is 4.79 Å². The number of carboxylic acid groups (broad SMARTS) is 1. The normalized spacial score (nSPS) is 12.3. The first-order chi connectivity index (χ1) is 7.40. The molecule has 0 saturated carbocycles. The van der Waals surface area contributed by atoms with E-state index in [-0.39, 0.29) is 10.2 Å². The molecule has 1 aromatic rings. The molecule has 88 valence electrons. The summed E-state index contributed by atoms with van der Waals surface area (Å²) < 4.78 is 31.4. The van der Waals surface area contributed by atoms with Crippen LogP contribution in [0.15, 0.2) is 10.5 Å². The summed E-state index contributed by atoms with van der Waals surface area (Å²) in [5, 5.41) is 8.68. The molecule has 0 fully saturated rings. The number of methoxy groups -OCH3 is 1. The van der Waals surface area contributed by atoms with Crippen molar-refractivity contribution in [2.75, 3.05) is 7.11 Å². The SMILES string of the molecule is COc1c(Br)cc(F)c(F)c1C(N)C(=O)O. The number of nitrogens with two attached hydrogens (primary N) is 1. The van der Waals surface area contributed by atoms with Gasteiger partial charge >= 0.3 is 5.97 Å². The van der Waals surface area contributed by atoms with E-state index >= 15 is 0 Å². The Morgan fingerprint density at radius 3 is 2.62 bits per heavy atom. The summed E-state index contributed by atoms with van der Waals surface area (Å²) in [6, 6.07) is -0.853. The number of hydrogen-bond acceptors (Lipinski definition) is 3. The molecular weight excluding hydrogens is 288 g/mol. The molecule has 1 rings (SSSR count). The summed E-state index contributed by atoms with van der Waals surface area (Å²) in [5.74, 6) is -4.13. The van der Waals surface area contributed by atoms with E-state index in [0.29, 0.717) is 0 Å². The molecule has 0 spiro atoms. The smallest absolute Gasteiger partial charge is 0.325 e. The van der Waals surface area contributed by atoms with Crippen molar-refractivity contribution < 1.29 is 23.4 Å². The molecule has 0 aromatic heterocycles. The van der Waals surface area contributed by atoms with Crippen molar-refractivity contribution in [2.24, 2.45) is 5.73 Å². The fourth-order valence-electron chi connectivity index (χ4n) is 1.21. The van der Waals surface area contributed by atoms with Gasteiger partial charge in [-0.15, -0.1) is 0 Å². The van der Waals surface area contributed by atoms with Crippen LogP contribution in [0, 0.1) is 11.6 Å². The quantitative estimate of drug-likeness (QED) is 0.835. The standard InChI is InChI=1S/C9H8BrF2NO3/c1-16-8-3(10)2-4(11)6(12)5(8)7(13)9(14)15/h2,7H,13H2,1H3,(H,14,15). The van der Waals surface area contributed by atoms with Gasteiger partial charge in [-0.25, -0.2) is 8.78 Å². The number of halogens is 3. The summed E-state index contributed by atoms with van der Waals surface area (Å²) in [5.41, 5.74) is 4.72. The summed E-state index contributed by atoms with van der Waals surface area (Å²) in [4.78, 5) is 10.7. The molecule has 0 radical (unpaired) electrons. The molecule has 0 aliphatic heterocycles. The van der Waals surface area contributed by atoms with Crippen LogP contribution in [0.3, 0.4) is 0 Å². The maximum atomic E-state index is 13.4. The number of ether oxygens (including phenoxy) is 1. The molecule has 0 bridgehead atoms. The van der Waals surface area contributed by atoms with Gasteiger partial charge in [0.15, 0.2) is 11.6 Å². The second-order valence-corrected chi connectivity index (χ2v) is 3.77. The van der Waals surface area contributed by atoms with E-state index in [4.69, 9.17) is 15.6 Å². The van der Waals surface area contributed by atoms with Crippen LogP contribution in [0.2, 0.25) is 0 Å². The molecule has 0 saturated heterocycles. The van der Waals surface area contributed by atoms with Gasteiger partial charge in [0.1, 0.15) is 11.8 Å². The zero-order chi connectivity index (χ0) is 12.5. The number of carboxylic acids is 1.